The van der Waals surface area contributed by atoms with Gasteiger partial charge in [-0.1, -0.05) is 19.1 Å². The first kappa shape index (κ1) is 15.9. The van der Waals surface area contributed by atoms with Gasteiger partial charge in [-0.15, -0.1) is 0 Å². The van der Waals surface area contributed by atoms with Crippen LogP contribution >= 0.6 is 0 Å². The van der Waals surface area contributed by atoms with Crippen LogP contribution in [-0.2, 0) is 11.3 Å². The molecule has 1 aliphatic rings. The average molecular weight is 315 g/mol. The van der Waals surface area contributed by atoms with Gasteiger partial charge in [0.2, 0.25) is 0 Å². The molecule has 1 fully saturated rings. The predicted octanol–water partition coefficient (Wildman–Crippen LogP) is 3.66. The lowest BCUT2D eigenvalue weighted by Crippen LogP contribution is -2.26. The molecule has 0 radical (unpaired) electrons. The van der Waals surface area contributed by atoms with Gasteiger partial charge in [0.05, 0.1) is 6.04 Å². The summed E-state index contributed by atoms with van der Waals surface area (Å²) in [7, 11) is 1.64. The number of halogens is 1. The van der Waals surface area contributed by atoms with E-state index in [1.807, 2.05) is 19.1 Å². The van der Waals surface area contributed by atoms with Crippen molar-refractivity contribution in [2.75, 3.05) is 18.6 Å². The minimum Gasteiger partial charge on any atom is -0.377 e. The van der Waals surface area contributed by atoms with E-state index in [4.69, 9.17) is 4.74 Å². The van der Waals surface area contributed by atoms with Crippen molar-refractivity contribution in [2.45, 2.75) is 32.9 Å². The first-order chi connectivity index (χ1) is 11.1. The summed E-state index contributed by atoms with van der Waals surface area (Å²) < 4.78 is 18.8. The average Bonchev–Trinajstić information content (AvgIpc) is 2.89. The molecule has 23 heavy (non-hydrogen) atoms. The predicted molar refractivity (Wildman–Crippen MR) is 87.8 cm³/mol. The van der Waals surface area contributed by atoms with Crippen LogP contribution in [0.4, 0.5) is 10.2 Å². The van der Waals surface area contributed by atoms with Gasteiger partial charge in [-0.2, -0.15) is 0 Å². The number of anilines is 1. The Morgan fingerprint density at radius 2 is 2.13 bits per heavy atom. The van der Waals surface area contributed by atoms with E-state index in [2.05, 4.69) is 21.8 Å². The molecule has 0 saturated carbocycles. The number of methoxy groups -OCH3 is 1. The Hall–Kier alpha value is -2.01. The summed E-state index contributed by atoms with van der Waals surface area (Å²) in [5.41, 5.74) is 1.92. The van der Waals surface area contributed by atoms with E-state index in [0.29, 0.717) is 18.3 Å². The maximum Gasteiger partial charge on any atom is 0.156 e. The number of hydrogen-bond acceptors (Lipinski definition) is 4. The molecule has 0 bridgehead atoms. The molecule has 3 rings (SSSR count). The van der Waals surface area contributed by atoms with Gasteiger partial charge >= 0.3 is 0 Å². The molecule has 1 aliphatic heterocycles. The van der Waals surface area contributed by atoms with Crippen LogP contribution in [0.1, 0.15) is 36.5 Å². The third-order valence-electron chi connectivity index (χ3n) is 4.35. The van der Waals surface area contributed by atoms with E-state index in [1.54, 1.807) is 19.2 Å². The van der Waals surface area contributed by atoms with Crippen molar-refractivity contribution in [3.63, 3.8) is 0 Å². The zero-order valence-electron chi connectivity index (χ0n) is 13.8. The van der Waals surface area contributed by atoms with Crippen LogP contribution in [0.5, 0.6) is 0 Å². The smallest absolute Gasteiger partial charge is 0.156 e. The molecule has 2 atom stereocenters. The number of benzene rings is 1. The molecule has 2 unspecified atom stereocenters. The van der Waals surface area contributed by atoms with E-state index in [9.17, 15) is 4.39 Å². The zero-order valence-corrected chi connectivity index (χ0v) is 13.8. The van der Waals surface area contributed by atoms with Gasteiger partial charge in [-0.25, -0.2) is 14.4 Å². The fourth-order valence-electron chi connectivity index (χ4n) is 3.36. The standard InChI is InChI=1S/C18H22FN3O/c1-12-7-8-22(18(12)14-5-4-6-15(19)10-14)17-9-13(2)20-16(21-17)11-23-3/h4-6,9-10,12,18H,7-8,11H2,1-3H3. The van der Waals surface area contributed by atoms with Crippen molar-refractivity contribution in [3.05, 3.63) is 53.2 Å². The topological polar surface area (TPSA) is 38.2 Å². The van der Waals surface area contributed by atoms with Gasteiger partial charge in [0.15, 0.2) is 5.82 Å². The summed E-state index contributed by atoms with van der Waals surface area (Å²) in [5.74, 6) is 1.82. The molecule has 0 amide bonds. The lowest BCUT2D eigenvalue weighted by molar-refractivity contribution is 0.177. The van der Waals surface area contributed by atoms with Crippen LogP contribution in [0.15, 0.2) is 30.3 Å². The molecule has 2 heterocycles. The monoisotopic (exact) mass is 315 g/mol. The highest BCUT2D eigenvalue weighted by molar-refractivity contribution is 5.45. The second-order valence-electron chi connectivity index (χ2n) is 6.18. The molecule has 0 spiro atoms. The maximum atomic E-state index is 13.6. The highest BCUT2D eigenvalue weighted by Crippen LogP contribution is 2.39. The Bertz CT molecular complexity index is 692. The van der Waals surface area contributed by atoms with Crippen molar-refractivity contribution in [1.29, 1.82) is 0 Å². The highest BCUT2D eigenvalue weighted by Gasteiger charge is 2.33. The first-order valence-corrected chi connectivity index (χ1v) is 7.94. The second-order valence-corrected chi connectivity index (χ2v) is 6.18. The number of aryl methyl sites for hydroxylation is 1. The Morgan fingerprint density at radius 3 is 2.87 bits per heavy atom. The molecule has 0 aliphatic carbocycles. The summed E-state index contributed by atoms with van der Waals surface area (Å²) in [6.45, 7) is 5.47. The van der Waals surface area contributed by atoms with Gasteiger partial charge in [0.25, 0.3) is 0 Å². The second kappa shape index (κ2) is 6.62. The van der Waals surface area contributed by atoms with Crippen LogP contribution < -0.4 is 4.90 Å². The van der Waals surface area contributed by atoms with Gasteiger partial charge in [-0.05, 0) is 37.0 Å². The zero-order chi connectivity index (χ0) is 16.4. The van der Waals surface area contributed by atoms with Crippen molar-refractivity contribution in [1.82, 2.24) is 9.97 Å². The Labute approximate surface area is 136 Å². The fraction of sp³-hybridized carbons (Fsp3) is 0.444. The molecular formula is C18H22FN3O. The number of aromatic nitrogens is 2. The number of hydrogen-bond donors (Lipinski definition) is 0. The number of rotatable bonds is 4. The van der Waals surface area contributed by atoms with Gasteiger partial charge in [0.1, 0.15) is 18.2 Å². The van der Waals surface area contributed by atoms with Crippen molar-refractivity contribution < 1.29 is 9.13 Å². The van der Waals surface area contributed by atoms with Crippen molar-refractivity contribution in [3.8, 4) is 0 Å². The Morgan fingerprint density at radius 1 is 1.30 bits per heavy atom. The normalized spacial score (nSPS) is 21.0. The molecular weight excluding hydrogens is 293 g/mol. The van der Waals surface area contributed by atoms with Gasteiger partial charge in [0, 0.05) is 25.4 Å². The third kappa shape index (κ3) is 3.34. The molecule has 1 saturated heterocycles. The van der Waals surface area contributed by atoms with Gasteiger partial charge < -0.3 is 9.64 Å². The summed E-state index contributed by atoms with van der Waals surface area (Å²) in [5, 5.41) is 0. The van der Waals surface area contributed by atoms with Crippen molar-refractivity contribution in [2.24, 2.45) is 5.92 Å². The molecule has 4 nitrogen and oxygen atoms in total. The van der Waals surface area contributed by atoms with Crippen LogP contribution in [0.2, 0.25) is 0 Å². The molecule has 2 aromatic rings. The van der Waals surface area contributed by atoms with E-state index >= 15 is 0 Å². The summed E-state index contributed by atoms with van der Waals surface area (Å²) in [6, 6.07) is 9.00. The largest absolute Gasteiger partial charge is 0.377 e. The lowest BCUT2D eigenvalue weighted by atomic mass is 9.95. The highest BCUT2D eigenvalue weighted by atomic mass is 19.1. The minimum absolute atomic E-state index is 0.135. The van der Waals surface area contributed by atoms with Gasteiger partial charge in [-0.3, -0.25) is 0 Å². The quantitative estimate of drug-likeness (QED) is 0.863. The summed E-state index contributed by atoms with van der Waals surface area (Å²) in [6.07, 6.45) is 1.06. The molecule has 1 aromatic heterocycles. The van der Waals surface area contributed by atoms with E-state index in [0.717, 1.165) is 30.0 Å². The van der Waals surface area contributed by atoms with E-state index in [1.165, 1.54) is 6.07 Å². The maximum absolute atomic E-state index is 13.6. The van der Waals surface area contributed by atoms with Crippen LogP contribution in [0.3, 0.4) is 0 Å². The fourth-order valence-corrected chi connectivity index (χ4v) is 3.36. The van der Waals surface area contributed by atoms with Crippen LogP contribution in [-0.4, -0.2) is 23.6 Å². The Balaban J connectivity index is 1.98. The van der Waals surface area contributed by atoms with E-state index in [-0.39, 0.29) is 11.9 Å². The molecule has 5 heteroatoms. The molecule has 0 N–H and O–H groups in total. The van der Waals surface area contributed by atoms with Crippen molar-refractivity contribution >= 4 is 5.82 Å². The SMILES string of the molecule is COCc1nc(C)cc(N2CCC(C)C2c2cccc(F)c2)n1. The number of ether oxygens (including phenoxy) is 1. The first-order valence-electron chi connectivity index (χ1n) is 7.94. The van der Waals surface area contributed by atoms with Crippen LogP contribution in [0, 0.1) is 18.7 Å². The lowest BCUT2D eigenvalue weighted by Gasteiger charge is -2.29. The summed E-state index contributed by atoms with van der Waals surface area (Å²) >= 11 is 0. The third-order valence-corrected chi connectivity index (χ3v) is 4.35. The Kier molecular flexibility index (Phi) is 4.57. The molecule has 122 valence electrons. The molecule has 1 aromatic carbocycles. The minimum atomic E-state index is -0.194. The van der Waals surface area contributed by atoms with Crippen LogP contribution in [0.25, 0.3) is 0 Å². The van der Waals surface area contributed by atoms with E-state index < -0.39 is 0 Å². The number of nitrogens with zero attached hydrogens (tertiary/aromatic N) is 3. The summed E-state index contributed by atoms with van der Waals surface area (Å²) in [4.78, 5) is 11.3.